The molecule has 0 amide bonds. The molecule has 0 aliphatic heterocycles. The molecule has 0 aliphatic rings. The van der Waals surface area contributed by atoms with Crippen LogP contribution in [0.4, 0.5) is 0 Å². The quantitative estimate of drug-likeness (QED) is 0.633. The van der Waals surface area contributed by atoms with Crippen molar-refractivity contribution < 1.29 is 24.7 Å². The topological polar surface area (TPSA) is 77.3 Å². The first-order valence-electron chi connectivity index (χ1n) is 8.84. The van der Waals surface area contributed by atoms with Crippen molar-refractivity contribution in [2.75, 3.05) is 20.3 Å². The molecule has 1 heterocycles. The van der Waals surface area contributed by atoms with Crippen molar-refractivity contribution in [2.24, 2.45) is 0 Å². The number of esters is 1. The van der Waals surface area contributed by atoms with Crippen LogP contribution in [0, 0.1) is 6.92 Å². The highest BCUT2D eigenvalue weighted by molar-refractivity contribution is 9.10. The number of ether oxygens (including phenoxy) is 2. The van der Waals surface area contributed by atoms with Crippen LogP contribution in [0.5, 0.6) is 5.75 Å². The molecular weight excluding hydrogens is 400 g/mol. The molecule has 2 rings (SSSR count). The van der Waals surface area contributed by atoms with Gasteiger partial charge in [0.1, 0.15) is 18.4 Å². The molecule has 26 heavy (non-hydrogen) atoms. The Morgan fingerprint density at radius 2 is 2.08 bits per heavy atom. The molecule has 1 aromatic heterocycles. The van der Waals surface area contributed by atoms with Crippen LogP contribution < -0.4 is 10.1 Å². The summed E-state index contributed by atoms with van der Waals surface area (Å²) in [7, 11) is 1.59. The van der Waals surface area contributed by atoms with Crippen molar-refractivity contribution in [1.29, 1.82) is 0 Å². The van der Waals surface area contributed by atoms with Gasteiger partial charge in [0.2, 0.25) is 0 Å². The van der Waals surface area contributed by atoms with Crippen molar-refractivity contribution in [3.05, 3.63) is 27.9 Å². The van der Waals surface area contributed by atoms with Crippen molar-refractivity contribution in [1.82, 2.24) is 4.57 Å². The van der Waals surface area contributed by atoms with Gasteiger partial charge in [-0.15, -0.1) is 0 Å². The third-order valence-corrected chi connectivity index (χ3v) is 4.97. The first kappa shape index (κ1) is 20.7. The smallest absolute Gasteiger partial charge is 0.340 e. The summed E-state index contributed by atoms with van der Waals surface area (Å²) in [5.74, 6) is 0.287. The number of carbonyl (C=O) groups excluding carboxylic acids is 1. The van der Waals surface area contributed by atoms with Gasteiger partial charge in [-0.05, 0) is 55.8 Å². The Balaban J connectivity index is 2.53. The van der Waals surface area contributed by atoms with Gasteiger partial charge in [-0.2, -0.15) is 0 Å². The number of methoxy groups -OCH3 is 1. The molecule has 0 spiro atoms. The summed E-state index contributed by atoms with van der Waals surface area (Å²) in [6.45, 7) is 9.16. The number of fused-ring (bicyclic) bond motifs is 1. The average Bonchev–Trinajstić information content (AvgIpc) is 2.84. The van der Waals surface area contributed by atoms with E-state index in [9.17, 15) is 9.90 Å². The first-order chi connectivity index (χ1) is 12.3. The Labute approximate surface area is 162 Å². The maximum atomic E-state index is 12.5. The van der Waals surface area contributed by atoms with E-state index >= 15 is 0 Å². The lowest BCUT2D eigenvalue weighted by molar-refractivity contribution is -0.688. The zero-order valence-electron chi connectivity index (χ0n) is 16.0. The SMILES string of the molecule is CCOC(=O)c1c(C)n(C[C@H](O)C[NH2+]C(C)C)c2cc(Br)c(OC)cc12. The van der Waals surface area contributed by atoms with Crippen molar-refractivity contribution in [3.63, 3.8) is 0 Å². The van der Waals surface area contributed by atoms with E-state index in [1.54, 1.807) is 14.0 Å². The number of benzene rings is 1. The summed E-state index contributed by atoms with van der Waals surface area (Å²) in [5.41, 5.74) is 2.16. The van der Waals surface area contributed by atoms with E-state index in [1.807, 2.05) is 23.6 Å². The Kier molecular flexibility index (Phi) is 7.08. The van der Waals surface area contributed by atoms with Gasteiger partial charge in [-0.3, -0.25) is 0 Å². The van der Waals surface area contributed by atoms with E-state index in [2.05, 4.69) is 35.1 Å². The lowest BCUT2D eigenvalue weighted by atomic mass is 10.1. The number of nitrogens with zero attached hydrogens (tertiary/aromatic N) is 1. The van der Waals surface area contributed by atoms with Gasteiger partial charge >= 0.3 is 5.97 Å². The fraction of sp³-hybridized carbons (Fsp3) is 0.526. The molecule has 0 unspecified atom stereocenters. The number of hydrogen-bond acceptors (Lipinski definition) is 4. The molecular formula is C19H28BrN2O4+. The average molecular weight is 428 g/mol. The number of nitrogens with two attached hydrogens (primary N) is 1. The molecule has 7 heteroatoms. The molecule has 6 nitrogen and oxygen atoms in total. The molecule has 0 radical (unpaired) electrons. The lowest BCUT2D eigenvalue weighted by Crippen LogP contribution is -2.90. The van der Waals surface area contributed by atoms with Crippen LogP contribution >= 0.6 is 15.9 Å². The number of halogens is 1. The molecule has 0 aliphatic carbocycles. The third-order valence-electron chi connectivity index (χ3n) is 4.35. The summed E-state index contributed by atoms with van der Waals surface area (Å²) in [6.07, 6.45) is -0.525. The number of aromatic nitrogens is 1. The Bertz CT molecular complexity index is 786. The minimum atomic E-state index is -0.525. The molecule has 2 aromatic rings. The standard InChI is InChI=1S/C19H27BrN2O4/c1-6-26-19(24)18-12(4)22(10-13(23)9-21-11(2)3)16-8-15(20)17(25-5)7-14(16)18/h7-8,11,13,21,23H,6,9-10H2,1-5H3/p+1/t13-/m1/s1. The fourth-order valence-corrected chi connectivity index (χ4v) is 3.54. The van der Waals surface area contributed by atoms with Crippen molar-refractivity contribution in [3.8, 4) is 5.75 Å². The number of aliphatic hydroxyl groups excluding tert-OH is 1. The van der Waals surface area contributed by atoms with Gasteiger partial charge < -0.3 is 24.5 Å². The van der Waals surface area contributed by atoms with Gasteiger partial charge in [-0.1, -0.05) is 0 Å². The van der Waals surface area contributed by atoms with E-state index in [0.717, 1.165) is 21.1 Å². The first-order valence-corrected chi connectivity index (χ1v) is 9.64. The van der Waals surface area contributed by atoms with E-state index in [1.165, 1.54) is 0 Å². The summed E-state index contributed by atoms with van der Waals surface area (Å²) in [5, 5.41) is 13.3. The highest BCUT2D eigenvalue weighted by Crippen LogP contribution is 2.35. The zero-order valence-corrected chi connectivity index (χ0v) is 17.6. The largest absolute Gasteiger partial charge is 0.496 e. The monoisotopic (exact) mass is 427 g/mol. The highest BCUT2D eigenvalue weighted by Gasteiger charge is 2.24. The van der Waals surface area contributed by atoms with Crippen LogP contribution in [0.3, 0.4) is 0 Å². The Morgan fingerprint density at radius 3 is 2.65 bits per heavy atom. The molecule has 1 aromatic carbocycles. The molecule has 144 valence electrons. The highest BCUT2D eigenvalue weighted by atomic mass is 79.9. The summed E-state index contributed by atoms with van der Waals surface area (Å²) >= 11 is 3.51. The zero-order chi connectivity index (χ0) is 19.4. The Hall–Kier alpha value is -1.57. The van der Waals surface area contributed by atoms with Gasteiger partial charge in [0.05, 0.1) is 41.9 Å². The molecule has 0 saturated heterocycles. The number of aliphatic hydroxyl groups is 1. The minimum Gasteiger partial charge on any atom is -0.496 e. The second-order valence-electron chi connectivity index (χ2n) is 6.66. The van der Waals surface area contributed by atoms with E-state index in [0.29, 0.717) is 37.1 Å². The van der Waals surface area contributed by atoms with E-state index in [-0.39, 0.29) is 5.97 Å². The summed E-state index contributed by atoms with van der Waals surface area (Å²) < 4.78 is 13.4. The van der Waals surface area contributed by atoms with Crippen LogP contribution in [-0.2, 0) is 11.3 Å². The summed E-state index contributed by atoms with van der Waals surface area (Å²) in [4.78, 5) is 12.5. The number of hydrogen-bond donors (Lipinski definition) is 2. The predicted molar refractivity (Wildman–Crippen MR) is 105 cm³/mol. The summed E-state index contributed by atoms with van der Waals surface area (Å²) in [6, 6.07) is 4.17. The van der Waals surface area contributed by atoms with Crippen molar-refractivity contribution >= 4 is 32.8 Å². The van der Waals surface area contributed by atoms with E-state index in [4.69, 9.17) is 9.47 Å². The predicted octanol–water partition coefficient (Wildman–Crippen LogP) is 2.23. The van der Waals surface area contributed by atoms with Gasteiger partial charge in [0, 0.05) is 11.1 Å². The number of carbonyl (C=O) groups is 1. The van der Waals surface area contributed by atoms with Gasteiger partial charge in [0.15, 0.2) is 0 Å². The molecule has 0 saturated carbocycles. The second-order valence-corrected chi connectivity index (χ2v) is 7.52. The maximum Gasteiger partial charge on any atom is 0.340 e. The molecule has 0 bridgehead atoms. The van der Waals surface area contributed by atoms with E-state index < -0.39 is 6.10 Å². The van der Waals surface area contributed by atoms with Crippen LogP contribution in [0.2, 0.25) is 0 Å². The van der Waals surface area contributed by atoms with Gasteiger partial charge in [-0.25, -0.2) is 4.79 Å². The normalized spacial score (nSPS) is 12.6. The van der Waals surface area contributed by atoms with Crippen LogP contribution in [-0.4, -0.2) is 48.1 Å². The number of quaternary nitrogens is 1. The molecule has 0 fully saturated rings. The van der Waals surface area contributed by atoms with Crippen molar-refractivity contribution in [2.45, 2.75) is 46.4 Å². The maximum absolute atomic E-state index is 12.5. The second kappa shape index (κ2) is 8.88. The minimum absolute atomic E-state index is 0.310. The molecule has 1 atom stereocenters. The fourth-order valence-electron chi connectivity index (χ4n) is 3.04. The van der Waals surface area contributed by atoms with Crippen LogP contribution in [0.1, 0.15) is 36.8 Å². The van der Waals surface area contributed by atoms with Crippen LogP contribution in [0.25, 0.3) is 10.9 Å². The third kappa shape index (κ3) is 4.39. The van der Waals surface area contributed by atoms with Crippen LogP contribution in [0.15, 0.2) is 16.6 Å². The molecule has 3 N–H and O–H groups in total. The van der Waals surface area contributed by atoms with Gasteiger partial charge in [0.25, 0.3) is 0 Å². The lowest BCUT2D eigenvalue weighted by Gasteiger charge is -2.15. The number of rotatable bonds is 8. The Morgan fingerprint density at radius 1 is 1.38 bits per heavy atom.